The van der Waals surface area contributed by atoms with Crippen LogP contribution in [0.25, 0.3) is 11.1 Å². The van der Waals surface area contributed by atoms with Gasteiger partial charge in [-0.25, -0.2) is 0 Å². The summed E-state index contributed by atoms with van der Waals surface area (Å²) >= 11 is 0. The first-order valence-electron chi connectivity index (χ1n) is 16.3. The van der Waals surface area contributed by atoms with Crippen molar-refractivity contribution in [3.8, 4) is 11.1 Å². The fraction of sp³-hybridized carbons (Fsp3) is 0.163. The average molecular weight is 604 g/mol. The molecule has 0 bridgehead atoms. The van der Waals surface area contributed by atoms with Gasteiger partial charge in [-0.1, -0.05) is 105 Å². The fourth-order valence-electron chi connectivity index (χ4n) is 5.58. The predicted octanol–water partition coefficient (Wildman–Crippen LogP) is 12.0. The minimum Gasteiger partial charge on any atom is -0.330 e. The van der Waals surface area contributed by atoms with E-state index in [0.29, 0.717) is 0 Å². The molecule has 0 saturated carbocycles. The van der Waals surface area contributed by atoms with Gasteiger partial charge < -0.3 is 15.5 Å². The Hall–Kier alpha value is -5.12. The molecule has 0 aliphatic carbocycles. The van der Waals surface area contributed by atoms with Crippen LogP contribution in [-0.4, -0.2) is 6.54 Å². The largest absolute Gasteiger partial charge is 0.330 e. The summed E-state index contributed by atoms with van der Waals surface area (Å²) in [6, 6.07) is 56.1. The molecule has 6 rings (SSSR count). The Kier molecular flexibility index (Phi) is 11.4. The molecule has 3 heteroatoms. The number of hydrogen-bond acceptors (Lipinski definition) is 3. The van der Waals surface area contributed by atoms with Crippen LogP contribution in [0.15, 0.2) is 158 Å². The Labute approximate surface area is 275 Å². The van der Waals surface area contributed by atoms with E-state index in [1.807, 2.05) is 0 Å². The van der Waals surface area contributed by atoms with E-state index in [2.05, 4.69) is 188 Å². The third kappa shape index (κ3) is 8.32. The Morgan fingerprint density at radius 2 is 0.783 bits per heavy atom. The van der Waals surface area contributed by atoms with Gasteiger partial charge in [0, 0.05) is 34.1 Å². The van der Waals surface area contributed by atoms with E-state index in [1.54, 1.807) is 0 Å². The van der Waals surface area contributed by atoms with Gasteiger partial charge in [0.05, 0.1) is 0 Å². The number of hydrogen-bond donors (Lipinski definition) is 1. The van der Waals surface area contributed by atoms with Crippen molar-refractivity contribution in [2.24, 2.45) is 5.73 Å². The van der Waals surface area contributed by atoms with Gasteiger partial charge in [-0.3, -0.25) is 0 Å². The molecule has 0 aliphatic rings. The summed E-state index contributed by atoms with van der Waals surface area (Å²) in [5.74, 6) is 0. The van der Waals surface area contributed by atoms with Crippen molar-refractivity contribution in [3.05, 3.63) is 169 Å². The Bertz CT molecular complexity index is 1630. The van der Waals surface area contributed by atoms with Crippen molar-refractivity contribution in [2.75, 3.05) is 16.3 Å². The van der Waals surface area contributed by atoms with Gasteiger partial charge in [-0.2, -0.15) is 0 Å². The van der Waals surface area contributed by atoms with Crippen LogP contribution in [0.3, 0.4) is 0 Å². The molecule has 0 amide bonds. The van der Waals surface area contributed by atoms with Crippen molar-refractivity contribution in [1.82, 2.24) is 0 Å². The molecular formula is C43H45N3. The van der Waals surface area contributed by atoms with Crippen LogP contribution < -0.4 is 15.5 Å². The average Bonchev–Trinajstić information content (AvgIpc) is 3.10. The summed E-state index contributed by atoms with van der Waals surface area (Å²) in [5.41, 5.74) is 16.9. The van der Waals surface area contributed by atoms with Gasteiger partial charge in [-0.15, -0.1) is 0 Å². The normalized spacial score (nSPS) is 10.5. The third-order valence-electron chi connectivity index (χ3n) is 7.94. The van der Waals surface area contributed by atoms with Gasteiger partial charge in [0.25, 0.3) is 0 Å². The number of rotatable bonds is 10. The van der Waals surface area contributed by atoms with Crippen molar-refractivity contribution in [2.45, 2.75) is 40.0 Å². The summed E-state index contributed by atoms with van der Waals surface area (Å²) < 4.78 is 0. The van der Waals surface area contributed by atoms with Gasteiger partial charge in [0.15, 0.2) is 0 Å². The maximum atomic E-state index is 5.21. The quantitative estimate of drug-likeness (QED) is 0.158. The van der Waals surface area contributed by atoms with Gasteiger partial charge in [0.1, 0.15) is 0 Å². The Morgan fingerprint density at radius 1 is 0.413 bits per heavy atom. The van der Waals surface area contributed by atoms with Gasteiger partial charge in [-0.05, 0) is 122 Å². The lowest BCUT2D eigenvalue weighted by molar-refractivity contribution is 0.727. The van der Waals surface area contributed by atoms with E-state index in [1.165, 1.54) is 41.5 Å². The molecule has 0 radical (unpaired) electrons. The van der Waals surface area contributed by atoms with Crippen LogP contribution in [0.1, 0.15) is 37.3 Å². The predicted molar refractivity (Wildman–Crippen MR) is 199 cm³/mol. The topological polar surface area (TPSA) is 32.5 Å². The lowest BCUT2D eigenvalue weighted by Gasteiger charge is -2.26. The van der Waals surface area contributed by atoms with E-state index >= 15 is 0 Å². The molecule has 6 aromatic carbocycles. The first kappa shape index (κ1) is 32.3. The number of nitrogens with zero attached hydrogens (tertiary/aromatic N) is 2. The minimum absolute atomic E-state index is 0.855. The minimum atomic E-state index is 0.855. The van der Waals surface area contributed by atoms with Gasteiger partial charge >= 0.3 is 0 Å². The molecule has 232 valence electrons. The van der Waals surface area contributed by atoms with E-state index in [0.717, 1.165) is 40.7 Å². The number of nitrogens with two attached hydrogens (primary N) is 1. The summed E-state index contributed by atoms with van der Waals surface area (Å²) in [4.78, 5) is 4.61. The zero-order chi connectivity index (χ0) is 32.1. The van der Waals surface area contributed by atoms with Crippen molar-refractivity contribution in [1.29, 1.82) is 0 Å². The molecule has 0 saturated heterocycles. The van der Waals surface area contributed by atoms with E-state index in [4.69, 9.17) is 5.73 Å². The second-order valence-electron chi connectivity index (χ2n) is 11.6. The molecular weight excluding hydrogens is 558 g/mol. The molecule has 0 unspecified atom stereocenters. The maximum Gasteiger partial charge on any atom is 0.0464 e. The highest BCUT2D eigenvalue weighted by atomic mass is 15.1. The molecule has 0 aliphatic heterocycles. The highest BCUT2D eigenvalue weighted by Crippen LogP contribution is 2.38. The summed E-state index contributed by atoms with van der Waals surface area (Å²) in [7, 11) is 0. The van der Waals surface area contributed by atoms with Gasteiger partial charge in [0.2, 0.25) is 0 Å². The second-order valence-corrected chi connectivity index (χ2v) is 11.6. The van der Waals surface area contributed by atoms with Crippen LogP contribution in [0.4, 0.5) is 34.1 Å². The number of para-hydroxylation sites is 2. The first-order valence-corrected chi connectivity index (χ1v) is 16.3. The maximum absolute atomic E-state index is 5.21. The standard InChI is InChI=1S/C38H32N2.C5H13N/c1-29-11-9-17-37(27-29)39(33-13-5-3-6-14-33)35-23-19-31(20-24-35)32-21-25-36(26-22-32)40(34-15-7-4-8-16-34)38-18-10-12-30(2)28-38;1-2-3-4-5-6/h3-28H,1-2H3;2-6H2,1H3. The number of benzene rings is 6. The molecule has 0 spiro atoms. The van der Waals surface area contributed by atoms with Crippen LogP contribution in [0.5, 0.6) is 0 Å². The molecule has 46 heavy (non-hydrogen) atoms. The van der Waals surface area contributed by atoms with Crippen molar-refractivity contribution < 1.29 is 0 Å². The number of anilines is 6. The zero-order valence-corrected chi connectivity index (χ0v) is 27.3. The number of aryl methyl sites for hydroxylation is 2. The smallest absolute Gasteiger partial charge is 0.0464 e. The summed E-state index contributed by atoms with van der Waals surface area (Å²) in [6.45, 7) is 7.30. The highest BCUT2D eigenvalue weighted by molar-refractivity contribution is 5.80. The van der Waals surface area contributed by atoms with Crippen LogP contribution in [0.2, 0.25) is 0 Å². The van der Waals surface area contributed by atoms with E-state index in [-0.39, 0.29) is 0 Å². The van der Waals surface area contributed by atoms with Crippen LogP contribution in [-0.2, 0) is 0 Å². The third-order valence-corrected chi connectivity index (χ3v) is 7.94. The lowest BCUT2D eigenvalue weighted by atomic mass is 10.0. The van der Waals surface area contributed by atoms with Crippen molar-refractivity contribution >= 4 is 34.1 Å². The molecule has 6 aromatic rings. The molecule has 0 fully saturated rings. The number of unbranched alkanes of at least 4 members (excludes halogenated alkanes) is 2. The van der Waals surface area contributed by atoms with Crippen LogP contribution in [0, 0.1) is 13.8 Å². The van der Waals surface area contributed by atoms with Crippen molar-refractivity contribution in [3.63, 3.8) is 0 Å². The monoisotopic (exact) mass is 603 g/mol. The lowest BCUT2D eigenvalue weighted by Crippen LogP contribution is -2.10. The SMILES string of the molecule is CCCCCN.Cc1cccc(N(c2ccccc2)c2ccc(-c3ccc(N(c4ccccc4)c4cccc(C)c4)cc3)cc2)c1. The van der Waals surface area contributed by atoms with E-state index < -0.39 is 0 Å². The zero-order valence-electron chi connectivity index (χ0n) is 27.3. The summed E-state index contributed by atoms with van der Waals surface area (Å²) in [6.07, 6.45) is 3.75. The fourth-order valence-corrected chi connectivity index (χ4v) is 5.58. The molecule has 0 heterocycles. The molecule has 3 nitrogen and oxygen atoms in total. The Morgan fingerprint density at radius 3 is 1.11 bits per heavy atom. The molecule has 0 aromatic heterocycles. The molecule has 0 atom stereocenters. The summed E-state index contributed by atoms with van der Waals surface area (Å²) in [5, 5.41) is 0. The van der Waals surface area contributed by atoms with E-state index in [9.17, 15) is 0 Å². The molecule has 2 N–H and O–H groups in total. The van der Waals surface area contributed by atoms with Crippen LogP contribution >= 0.6 is 0 Å². The first-order chi connectivity index (χ1) is 22.6. The highest BCUT2D eigenvalue weighted by Gasteiger charge is 2.14. The Balaban J connectivity index is 0.000000635. The second kappa shape index (κ2) is 16.3.